The Morgan fingerprint density at radius 2 is 1.97 bits per heavy atom. The first-order valence-electron chi connectivity index (χ1n) is 9.45. The van der Waals surface area contributed by atoms with E-state index in [-0.39, 0.29) is 11.0 Å². The van der Waals surface area contributed by atoms with Crippen LogP contribution in [0.3, 0.4) is 0 Å². The number of rotatable bonds is 6. The smallest absolute Gasteiger partial charge is 0.251 e. The average Bonchev–Trinajstić information content (AvgIpc) is 3.05. The summed E-state index contributed by atoms with van der Waals surface area (Å²) in [5.41, 5.74) is 7.95. The fraction of sp³-hybridized carbons (Fsp3) is 0.286. The molecule has 1 heterocycles. The lowest BCUT2D eigenvalue weighted by atomic mass is 9.95. The van der Waals surface area contributed by atoms with Crippen molar-refractivity contribution in [2.24, 2.45) is 5.73 Å². The minimum Gasteiger partial charge on any atom is -0.494 e. The quantitative estimate of drug-likeness (QED) is 0.481. The standard InChI is InChI=1S/C21H23N3O3S2/c1-2-27-14-10-7-13(8-11-14)9-12-17(25)23-21(28)24-20-18(19(22)26)15-5-3-4-6-16(15)29-20/h7-12H,2-6H2,1H3,(H2,22,26)(H2,23,24,25,28)/b12-9+. The van der Waals surface area contributed by atoms with Gasteiger partial charge < -0.3 is 15.8 Å². The first kappa shape index (κ1) is 21.0. The lowest BCUT2D eigenvalue weighted by Gasteiger charge is -2.11. The molecule has 3 rings (SSSR count). The monoisotopic (exact) mass is 429 g/mol. The second-order valence-corrected chi connectivity index (χ2v) is 8.07. The number of hydrogen-bond donors (Lipinski definition) is 3. The third-order valence-electron chi connectivity index (χ3n) is 4.50. The van der Waals surface area contributed by atoms with Gasteiger partial charge in [0.2, 0.25) is 5.91 Å². The Balaban J connectivity index is 1.61. The summed E-state index contributed by atoms with van der Waals surface area (Å²) in [7, 11) is 0. The molecule has 29 heavy (non-hydrogen) atoms. The van der Waals surface area contributed by atoms with Crippen LogP contribution in [0.5, 0.6) is 5.75 Å². The number of hydrogen-bond acceptors (Lipinski definition) is 5. The molecule has 1 aliphatic carbocycles. The van der Waals surface area contributed by atoms with Crippen LogP contribution in [0.4, 0.5) is 5.00 Å². The second-order valence-electron chi connectivity index (χ2n) is 6.56. The molecule has 4 N–H and O–H groups in total. The third kappa shape index (κ3) is 5.42. The van der Waals surface area contributed by atoms with Crippen molar-refractivity contribution in [3.05, 3.63) is 51.9 Å². The lowest BCUT2D eigenvalue weighted by Crippen LogP contribution is -2.33. The van der Waals surface area contributed by atoms with Gasteiger partial charge in [-0.25, -0.2) is 0 Å². The number of carbonyl (C=O) groups is 2. The van der Waals surface area contributed by atoms with Crippen molar-refractivity contribution < 1.29 is 14.3 Å². The summed E-state index contributed by atoms with van der Waals surface area (Å²) in [4.78, 5) is 25.2. The van der Waals surface area contributed by atoms with Crippen molar-refractivity contribution >= 4 is 51.6 Å². The largest absolute Gasteiger partial charge is 0.494 e. The first-order chi connectivity index (χ1) is 14.0. The van der Waals surface area contributed by atoms with Crippen LogP contribution in [0.25, 0.3) is 6.08 Å². The number of nitrogens with two attached hydrogens (primary N) is 1. The maximum absolute atomic E-state index is 12.2. The lowest BCUT2D eigenvalue weighted by molar-refractivity contribution is -0.115. The minimum absolute atomic E-state index is 0.132. The highest BCUT2D eigenvalue weighted by Crippen LogP contribution is 2.37. The van der Waals surface area contributed by atoms with Gasteiger partial charge in [-0.2, -0.15) is 0 Å². The van der Waals surface area contributed by atoms with E-state index in [9.17, 15) is 9.59 Å². The normalized spacial score (nSPS) is 13.0. The van der Waals surface area contributed by atoms with E-state index in [0.717, 1.165) is 47.4 Å². The van der Waals surface area contributed by atoms with E-state index in [1.54, 1.807) is 6.08 Å². The molecule has 6 nitrogen and oxygen atoms in total. The molecule has 8 heteroatoms. The van der Waals surface area contributed by atoms with Gasteiger partial charge in [0.05, 0.1) is 12.2 Å². The maximum Gasteiger partial charge on any atom is 0.251 e. The Labute approximate surface area is 179 Å². The number of ether oxygens (including phenoxy) is 1. The molecule has 152 valence electrons. The molecule has 2 aromatic rings. The van der Waals surface area contributed by atoms with Crippen LogP contribution in [0.2, 0.25) is 0 Å². The van der Waals surface area contributed by atoms with Crippen LogP contribution in [0, 0.1) is 0 Å². The zero-order valence-electron chi connectivity index (χ0n) is 16.1. The van der Waals surface area contributed by atoms with Gasteiger partial charge in [-0.15, -0.1) is 11.3 Å². The van der Waals surface area contributed by atoms with E-state index in [1.165, 1.54) is 17.4 Å². The van der Waals surface area contributed by atoms with Gasteiger partial charge in [0.15, 0.2) is 5.11 Å². The summed E-state index contributed by atoms with van der Waals surface area (Å²) in [6, 6.07) is 7.41. The Kier molecular flexibility index (Phi) is 7.00. The molecular weight excluding hydrogens is 406 g/mol. The van der Waals surface area contributed by atoms with E-state index in [4.69, 9.17) is 22.7 Å². The van der Waals surface area contributed by atoms with Gasteiger partial charge in [-0.3, -0.25) is 14.9 Å². The van der Waals surface area contributed by atoms with E-state index in [0.29, 0.717) is 17.2 Å². The van der Waals surface area contributed by atoms with Crippen LogP contribution in [-0.4, -0.2) is 23.5 Å². The summed E-state index contributed by atoms with van der Waals surface area (Å²) >= 11 is 6.72. The fourth-order valence-electron chi connectivity index (χ4n) is 3.22. The highest BCUT2D eigenvalue weighted by molar-refractivity contribution is 7.80. The predicted octanol–water partition coefficient (Wildman–Crippen LogP) is 3.65. The number of carbonyl (C=O) groups excluding carboxylic acids is 2. The predicted molar refractivity (Wildman–Crippen MR) is 120 cm³/mol. The summed E-state index contributed by atoms with van der Waals surface area (Å²) in [5, 5.41) is 6.30. The van der Waals surface area contributed by atoms with E-state index < -0.39 is 5.91 Å². The van der Waals surface area contributed by atoms with Crippen molar-refractivity contribution in [1.82, 2.24) is 5.32 Å². The number of nitrogens with one attached hydrogen (secondary N) is 2. The van der Waals surface area contributed by atoms with Crippen molar-refractivity contribution in [2.45, 2.75) is 32.6 Å². The maximum atomic E-state index is 12.2. The summed E-state index contributed by atoms with van der Waals surface area (Å²) in [6.07, 6.45) is 7.01. The van der Waals surface area contributed by atoms with Crippen LogP contribution in [0.15, 0.2) is 30.3 Å². The van der Waals surface area contributed by atoms with Gasteiger partial charge in [0, 0.05) is 11.0 Å². The van der Waals surface area contributed by atoms with Crippen LogP contribution >= 0.6 is 23.6 Å². The van der Waals surface area contributed by atoms with Gasteiger partial charge in [-0.1, -0.05) is 12.1 Å². The van der Waals surface area contributed by atoms with Crippen LogP contribution < -0.4 is 21.1 Å². The number of aryl methyl sites for hydroxylation is 1. The van der Waals surface area contributed by atoms with Gasteiger partial charge in [0.1, 0.15) is 10.8 Å². The Hall–Kier alpha value is -2.71. The van der Waals surface area contributed by atoms with E-state index in [1.807, 2.05) is 31.2 Å². The Morgan fingerprint density at radius 1 is 1.24 bits per heavy atom. The zero-order valence-corrected chi connectivity index (χ0v) is 17.8. The summed E-state index contributed by atoms with van der Waals surface area (Å²) in [6.45, 7) is 2.53. The molecule has 0 spiro atoms. The topological polar surface area (TPSA) is 93.4 Å². The summed E-state index contributed by atoms with van der Waals surface area (Å²) < 4.78 is 5.39. The molecule has 1 aromatic carbocycles. The molecule has 0 saturated carbocycles. The van der Waals surface area contributed by atoms with Crippen LogP contribution in [0.1, 0.15) is 46.1 Å². The van der Waals surface area contributed by atoms with E-state index >= 15 is 0 Å². The van der Waals surface area contributed by atoms with Crippen molar-refractivity contribution in [3.8, 4) is 5.75 Å². The van der Waals surface area contributed by atoms with Gasteiger partial charge in [0.25, 0.3) is 5.91 Å². The summed E-state index contributed by atoms with van der Waals surface area (Å²) in [5.74, 6) is -0.0573. The van der Waals surface area contributed by atoms with Gasteiger partial charge >= 0.3 is 0 Å². The number of benzene rings is 1. The number of primary amides is 1. The molecule has 1 aliphatic rings. The molecule has 0 unspecified atom stereocenters. The number of thiocarbonyl (C=S) groups is 1. The molecule has 0 aliphatic heterocycles. The highest BCUT2D eigenvalue weighted by atomic mass is 32.1. The second kappa shape index (κ2) is 9.67. The number of amides is 2. The first-order valence-corrected chi connectivity index (χ1v) is 10.7. The number of anilines is 1. The molecule has 0 bridgehead atoms. The van der Waals surface area contributed by atoms with Gasteiger partial charge in [-0.05, 0) is 74.2 Å². The minimum atomic E-state index is -0.476. The highest BCUT2D eigenvalue weighted by Gasteiger charge is 2.24. The average molecular weight is 430 g/mol. The van der Waals surface area contributed by atoms with E-state index in [2.05, 4.69) is 10.6 Å². The Morgan fingerprint density at radius 3 is 2.66 bits per heavy atom. The molecular formula is C21H23N3O3S2. The molecule has 0 atom stereocenters. The fourth-order valence-corrected chi connectivity index (χ4v) is 4.78. The zero-order chi connectivity index (χ0) is 20.8. The van der Waals surface area contributed by atoms with Crippen LogP contribution in [-0.2, 0) is 17.6 Å². The number of thiophene rings is 1. The SMILES string of the molecule is CCOc1ccc(/C=C/C(=O)NC(=S)Nc2sc3c(c2C(N)=O)CCCC3)cc1. The molecule has 1 aromatic heterocycles. The third-order valence-corrected chi connectivity index (χ3v) is 5.91. The van der Waals surface area contributed by atoms with Crippen molar-refractivity contribution in [1.29, 1.82) is 0 Å². The molecule has 0 fully saturated rings. The molecule has 0 saturated heterocycles. The number of fused-ring (bicyclic) bond motifs is 1. The Bertz CT molecular complexity index is 949. The molecule has 0 radical (unpaired) electrons. The molecule has 2 amide bonds. The van der Waals surface area contributed by atoms with Crippen molar-refractivity contribution in [3.63, 3.8) is 0 Å². The van der Waals surface area contributed by atoms with Crippen molar-refractivity contribution in [2.75, 3.05) is 11.9 Å².